The maximum atomic E-state index is 13.6. The number of nitrogens with zero attached hydrogens (tertiary/aromatic N) is 3. The molecule has 0 spiro atoms. The van der Waals surface area contributed by atoms with Gasteiger partial charge in [0.25, 0.3) is 0 Å². The van der Waals surface area contributed by atoms with Gasteiger partial charge in [-0.25, -0.2) is 4.98 Å². The van der Waals surface area contributed by atoms with E-state index in [4.69, 9.17) is 23.2 Å². The number of carboxylic acids is 1. The molecule has 30 heavy (non-hydrogen) atoms. The van der Waals surface area contributed by atoms with E-state index in [-0.39, 0.29) is 16.7 Å². The van der Waals surface area contributed by atoms with Gasteiger partial charge in [-0.1, -0.05) is 41.4 Å². The molecule has 0 atom stereocenters. The lowest BCUT2D eigenvalue weighted by atomic mass is 10.2. The molecule has 0 fully saturated rings. The van der Waals surface area contributed by atoms with Gasteiger partial charge in [-0.15, -0.1) is 0 Å². The first kappa shape index (κ1) is 21.7. The van der Waals surface area contributed by atoms with E-state index in [1.165, 1.54) is 24.3 Å². The first-order chi connectivity index (χ1) is 14.1. The van der Waals surface area contributed by atoms with E-state index in [9.17, 15) is 23.1 Å². The fraction of sp³-hybridized carbons (Fsp3) is 0.105. The van der Waals surface area contributed by atoms with Crippen molar-refractivity contribution in [1.82, 2.24) is 9.97 Å². The SMILES string of the molecule is O=C(O)CN(c1ccccc1)c1nc(Nc2ccc(Cl)c(Cl)c2)ncc1C(F)(F)F. The lowest BCUT2D eigenvalue weighted by Gasteiger charge is -2.25. The molecule has 0 aliphatic rings. The minimum atomic E-state index is -4.80. The van der Waals surface area contributed by atoms with Crippen molar-refractivity contribution in [2.45, 2.75) is 6.18 Å². The Morgan fingerprint density at radius 3 is 2.40 bits per heavy atom. The summed E-state index contributed by atoms with van der Waals surface area (Å²) < 4.78 is 40.8. The van der Waals surface area contributed by atoms with E-state index in [2.05, 4.69) is 15.3 Å². The van der Waals surface area contributed by atoms with Crippen LogP contribution >= 0.6 is 23.2 Å². The predicted octanol–water partition coefficient (Wildman–Crippen LogP) is 5.77. The van der Waals surface area contributed by atoms with E-state index < -0.39 is 30.1 Å². The lowest BCUT2D eigenvalue weighted by molar-refractivity contribution is -0.138. The Bertz CT molecular complexity index is 1070. The monoisotopic (exact) mass is 456 g/mol. The molecule has 2 aromatic carbocycles. The molecular weight excluding hydrogens is 444 g/mol. The minimum absolute atomic E-state index is 0.178. The van der Waals surface area contributed by atoms with Crippen LogP contribution in [-0.4, -0.2) is 27.6 Å². The number of hydrogen-bond donors (Lipinski definition) is 2. The summed E-state index contributed by atoms with van der Waals surface area (Å²) in [6.07, 6.45) is -4.21. The molecule has 0 aliphatic heterocycles. The summed E-state index contributed by atoms with van der Waals surface area (Å²) in [6.45, 7) is -0.740. The summed E-state index contributed by atoms with van der Waals surface area (Å²) in [4.78, 5) is 20.0. The molecule has 1 aromatic heterocycles. The van der Waals surface area contributed by atoms with Gasteiger partial charge in [0.05, 0.1) is 10.0 Å². The van der Waals surface area contributed by atoms with Crippen molar-refractivity contribution < 1.29 is 23.1 Å². The number of benzene rings is 2. The number of hydrogen-bond acceptors (Lipinski definition) is 5. The summed E-state index contributed by atoms with van der Waals surface area (Å²) in [5.41, 5.74) is -0.559. The molecule has 0 saturated carbocycles. The van der Waals surface area contributed by atoms with Crippen LogP contribution < -0.4 is 10.2 Å². The Balaban J connectivity index is 2.10. The maximum Gasteiger partial charge on any atom is 0.421 e. The van der Waals surface area contributed by atoms with E-state index in [0.717, 1.165) is 4.90 Å². The molecule has 3 rings (SSSR count). The zero-order valence-electron chi connectivity index (χ0n) is 15.0. The number of nitrogens with one attached hydrogen (secondary N) is 1. The van der Waals surface area contributed by atoms with Gasteiger partial charge in [-0.05, 0) is 30.3 Å². The Morgan fingerprint density at radius 2 is 1.80 bits per heavy atom. The number of carboxylic acid groups (broad SMARTS) is 1. The normalized spacial score (nSPS) is 11.2. The van der Waals surface area contributed by atoms with Gasteiger partial charge in [-0.2, -0.15) is 18.2 Å². The van der Waals surface area contributed by atoms with Gasteiger partial charge in [0, 0.05) is 17.6 Å². The topological polar surface area (TPSA) is 78.3 Å². The van der Waals surface area contributed by atoms with E-state index in [1.807, 2.05) is 0 Å². The largest absolute Gasteiger partial charge is 0.480 e. The predicted molar refractivity (Wildman–Crippen MR) is 108 cm³/mol. The first-order valence-electron chi connectivity index (χ1n) is 8.36. The molecule has 0 unspecified atom stereocenters. The standard InChI is InChI=1S/C19H13Cl2F3N4O2/c20-14-7-6-11(8-15(14)21)26-18-25-9-13(19(22,23)24)17(27-18)28(10-16(29)30)12-4-2-1-3-5-12/h1-9H,10H2,(H,29,30)(H,25,26,27). The van der Waals surface area contributed by atoms with Gasteiger partial charge < -0.3 is 15.3 Å². The summed E-state index contributed by atoms with van der Waals surface area (Å²) in [5.74, 6) is -2.11. The number of alkyl halides is 3. The molecule has 0 bridgehead atoms. The average molecular weight is 457 g/mol. The highest BCUT2D eigenvalue weighted by atomic mass is 35.5. The molecule has 1 heterocycles. The number of halogens is 5. The molecule has 0 saturated heterocycles. The quantitative estimate of drug-likeness (QED) is 0.490. The molecule has 156 valence electrons. The fourth-order valence-electron chi connectivity index (χ4n) is 2.57. The second kappa shape index (κ2) is 8.76. The smallest absolute Gasteiger partial charge is 0.421 e. The molecule has 2 N–H and O–H groups in total. The van der Waals surface area contributed by atoms with Crippen molar-refractivity contribution in [3.8, 4) is 0 Å². The Hall–Kier alpha value is -3.04. The second-order valence-corrected chi connectivity index (χ2v) is 6.81. The Morgan fingerprint density at radius 1 is 1.10 bits per heavy atom. The summed E-state index contributed by atoms with van der Waals surface area (Å²) in [7, 11) is 0. The minimum Gasteiger partial charge on any atom is -0.480 e. The van der Waals surface area contributed by atoms with E-state index in [1.54, 1.807) is 24.3 Å². The first-order valence-corrected chi connectivity index (χ1v) is 9.11. The van der Waals surface area contributed by atoms with Crippen molar-refractivity contribution in [3.63, 3.8) is 0 Å². The fourth-order valence-corrected chi connectivity index (χ4v) is 2.87. The van der Waals surface area contributed by atoms with Crippen molar-refractivity contribution in [1.29, 1.82) is 0 Å². The van der Waals surface area contributed by atoms with Crippen molar-refractivity contribution >= 4 is 52.3 Å². The molecule has 0 amide bonds. The molecule has 3 aromatic rings. The molecule has 6 nitrogen and oxygen atoms in total. The molecule has 0 radical (unpaired) electrons. The summed E-state index contributed by atoms with van der Waals surface area (Å²) >= 11 is 11.8. The van der Waals surface area contributed by atoms with Crippen molar-refractivity contribution in [2.24, 2.45) is 0 Å². The Labute approximate surface area is 178 Å². The third-order valence-corrected chi connectivity index (χ3v) is 4.61. The number of carbonyl (C=O) groups is 1. The number of para-hydroxylation sites is 1. The molecular formula is C19H13Cl2F3N4O2. The van der Waals surface area contributed by atoms with Gasteiger partial charge >= 0.3 is 12.1 Å². The van der Waals surface area contributed by atoms with Crippen LogP contribution in [0.5, 0.6) is 0 Å². The second-order valence-electron chi connectivity index (χ2n) is 6.00. The highest BCUT2D eigenvalue weighted by Crippen LogP contribution is 2.38. The van der Waals surface area contributed by atoms with Gasteiger partial charge in [0.15, 0.2) is 5.82 Å². The number of rotatable bonds is 6. The number of aromatic nitrogens is 2. The average Bonchev–Trinajstić information content (AvgIpc) is 2.68. The number of anilines is 4. The highest BCUT2D eigenvalue weighted by Gasteiger charge is 2.37. The summed E-state index contributed by atoms with van der Waals surface area (Å²) in [5, 5.41) is 12.5. The highest BCUT2D eigenvalue weighted by molar-refractivity contribution is 6.42. The third kappa shape index (κ3) is 5.11. The van der Waals surface area contributed by atoms with Gasteiger partial charge in [0.2, 0.25) is 5.95 Å². The van der Waals surface area contributed by atoms with Crippen LogP contribution in [0.2, 0.25) is 10.0 Å². The third-order valence-electron chi connectivity index (χ3n) is 3.87. The summed E-state index contributed by atoms with van der Waals surface area (Å²) in [6, 6.07) is 12.3. The van der Waals surface area contributed by atoms with Crippen LogP contribution in [0.4, 0.5) is 36.3 Å². The Kier molecular flexibility index (Phi) is 6.33. The lowest BCUT2D eigenvalue weighted by Crippen LogP contribution is -2.28. The zero-order chi connectivity index (χ0) is 21.9. The number of aliphatic carboxylic acids is 1. The zero-order valence-corrected chi connectivity index (χ0v) is 16.5. The van der Waals surface area contributed by atoms with E-state index in [0.29, 0.717) is 16.9 Å². The van der Waals surface area contributed by atoms with Crippen LogP contribution in [0, 0.1) is 0 Å². The van der Waals surface area contributed by atoms with Crippen molar-refractivity contribution in [3.05, 3.63) is 70.3 Å². The van der Waals surface area contributed by atoms with Crippen molar-refractivity contribution in [2.75, 3.05) is 16.8 Å². The van der Waals surface area contributed by atoms with Crippen LogP contribution in [-0.2, 0) is 11.0 Å². The maximum absolute atomic E-state index is 13.6. The van der Waals surface area contributed by atoms with Crippen LogP contribution in [0.1, 0.15) is 5.56 Å². The van der Waals surface area contributed by atoms with Crippen LogP contribution in [0.25, 0.3) is 0 Å². The van der Waals surface area contributed by atoms with Crippen LogP contribution in [0.15, 0.2) is 54.7 Å². The van der Waals surface area contributed by atoms with Gasteiger partial charge in [0.1, 0.15) is 12.1 Å². The van der Waals surface area contributed by atoms with Crippen LogP contribution in [0.3, 0.4) is 0 Å². The van der Waals surface area contributed by atoms with E-state index >= 15 is 0 Å². The molecule has 11 heteroatoms. The molecule has 0 aliphatic carbocycles. The van der Waals surface area contributed by atoms with Gasteiger partial charge in [-0.3, -0.25) is 4.79 Å².